The van der Waals surface area contributed by atoms with E-state index in [2.05, 4.69) is 4.74 Å². The number of nitrogens with two attached hydrogens (primary N) is 1. The van der Waals surface area contributed by atoms with Crippen LogP contribution in [-0.4, -0.2) is 17.8 Å². The summed E-state index contributed by atoms with van der Waals surface area (Å²) in [4.78, 5) is 22.5. The van der Waals surface area contributed by atoms with Gasteiger partial charge in [-0.25, -0.2) is 26.7 Å². The number of rotatable bonds is 5. The number of halogens is 5. The molecule has 0 aliphatic heterocycles. The number of carbonyl (C=O) groups excluding carboxylic acids is 2. The third kappa shape index (κ3) is 3.35. The molecule has 0 aliphatic rings. The molecule has 0 spiro atoms. The van der Waals surface area contributed by atoms with Gasteiger partial charge < -0.3 is 10.5 Å². The number of esters is 1. The molecule has 21 heavy (non-hydrogen) atoms. The maximum Gasteiger partial charge on any atom is 0.376 e. The number of hydrogen-bond donors (Lipinski definition) is 1. The molecule has 4 nitrogen and oxygen atoms in total. The summed E-state index contributed by atoms with van der Waals surface area (Å²) in [5.74, 6) is -13.6. The maximum absolute atomic E-state index is 13.3. The third-order valence-electron chi connectivity index (χ3n) is 2.63. The Kier molecular flexibility index (Phi) is 5.36. The molecule has 1 aromatic carbocycles. The molecule has 0 bridgehead atoms. The van der Waals surface area contributed by atoms with Gasteiger partial charge in [-0.05, 0) is 6.42 Å². The zero-order valence-corrected chi connectivity index (χ0v) is 10.7. The third-order valence-corrected chi connectivity index (χ3v) is 2.63. The Morgan fingerprint density at radius 1 is 1.00 bits per heavy atom. The fraction of sp³-hybridized carbons (Fsp3) is 0.333. The predicted octanol–water partition coefficient (Wildman–Crippen LogP) is 1.73. The fourth-order valence-electron chi connectivity index (χ4n) is 1.32. The van der Waals surface area contributed by atoms with E-state index < -0.39 is 59.1 Å². The molecule has 0 aromatic heterocycles. The summed E-state index contributed by atoms with van der Waals surface area (Å²) < 4.78 is 69.3. The Labute approximate surface area is 115 Å². The summed E-state index contributed by atoms with van der Waals surface area (Å²) in [6, 6.07) is -1.17. The van der Waals surface area contributed by atoms with Crippen molar-refractivity contribution in [3.63, 3.8) is 0 Å². The van der Waals surface area contributed by atoms with Crippen LogP contribution in [0.1, 0.15) is 18.9 Å². The molecule has 0 heterocycles. The van der Waals surface area contributed by atoms with Crippen molar-refractivity contribution in [3.8, 4) is 0 Å². The first-order valence-electron chi connectivity index (χ1n) is 5.69. The highest BCUT2D eigenvalue weighted by molar-refractivity contribution is 6.35. The highest BCUT2D eigenvalue weighted by Crippen LogP contribution is 2.23. The van der Waals surface area contributed by atoms with Gasteiger partial charge in [-0.1, -0.05) is 6.92 Å². The molecule has 0 fully saturated rings. The molecule has 0 aliphatic carbocycles. The van der Waals surface area contributed by atoms with Crippen LogP contribution in [0.25, 0.3) is 0 Å². The van der Waals surface area contributed by atoms with E-state index in [1.807, 2.05) is 0 Å². The van der Waals surface area contributed by atoms with Crippen molar-refractivity contribution in [2.75, 3.05) is 0 Å². The largest absolute Gasteiger partial charge is 0.455 e. The van der Waals surface area contributed by atoms with Crippen LogP contribution in [0, 0.1) is 29.1 Å². The minimum absolute atomic E-state index is 0.108. The highest BCUT2D eigenvalue weighted by atomic mass is 19.2. The Morgan fingerprint density at radius 2 is 1.43 bits per heavy atom. The summed E-state index contributed by atoms with van der Waals surface area (Å²) in [5, 5.41) is 0. The van der Waals surface area contributed by atoms with Crippen LogP contribution in [0.2, 0.25) is 0 Å². The topological polar surface area (TPSA) is 69.4 Å². The van der Waals surface area contributed by atoms with Gasteiger partial charge in [0.15, 0.2) is 23.3 Å². The standard InChI is InChI=1S/C12H10F5NO3/c1-2-5(18)11(19)12(20)21-3-4-6(13)8(15)10(17)9(16)7(4)14/h5H,2-3,18H2,1H3. The van der Waals surface area contributed by atoms with E-state index in [9.17, 15) is 31.5 Å². The number of ether oxygens (including phenoxy) is 1. The SMILES string of the molecule is CCC(N)C(=O)C(=O)OCc1c(F)c(F)c(F)c(F)c1F. The van der Waals surface area contributed by atoms with Gasteiger partial charge in [-0.2, -0.15) is 0 Å². The molecule has 0 saturated carbocycles. The first kappa shape index (κ1) is 17.0. The summed E-state index contributed by atoms with van der Waals surface area (Å²) >= 11 is 0. The van der Waals surface area contributed by atoms with Crippen LogP contribution >= 0.6 is 0 Å². The van der Waals surface area contributed by atoms with Gasteiger partial charge in [-0.3, -0.25) is 4.79 Å². The van der Waals surface area contributed by atoms with E-state index in [4.69, 9.17) is 5.73 Å². The Morgan fingerprint density at radius 3 is 1.86 bits per heavy atom. The lowest BCUT2D eigenvalue weighted by Gasteiger charge is -2.10. The monoisotopic (exact) mass is 311 g/mol. The smallest absolute Gasteiger partial charge is 0.376 e. The zero-order valence-electron chi connectivity index (χ0n) is 10.7. The van der Waals surface area contributed by atoms with Crippen LogP contribution in [0.15, 0.2) is 0 Å². The van der Waals surface area contributed by atoms with Gasteiger partial charge in [0.1, 0.15) is 6.61 Å². The maximum atomic E-state index is 13.3. The van der Waals surface area contributed by atoms with Gasteiger partial charge in [-0.15, -0.1) is 0 Å². The summed E-state index contributed by atoms with van der Waals surface area (Å²) in [7, 11) is 0. The minimum Gasteiger partial charge on any atom is -0.455 e. The molecule has 1 rings (SSSR count). The van der Waals surface area contributed by atoms with Crippen molar-refractivity contribution in [1.82, 2.24) is 0 Å². The van der Waals surface area contributed by atoms with Gasteiger partial charge in [0, 0.05) is 0 Å². The van der Waals surface area contributed by atoms with Crippen LogP contribution < -0.4 is 5.73 Å². The molecule has 9 heteroatoms. The van der Waals surface area contributed by atoms with E-state index in [-0.39, 0.29) is 6.42 Å². The zero-order chi connectivity index (χ0) is 16.3. The predicted molar refractivity (Wildman–Crippen MR) is 59.3 cm³/mol. The summed E-state index contributed by atoms with van der Waals surface area (Å²) in [6.45, 7) is 0.215. The molecule has 1 unspecified atom stereocenters. The van der Waals surface area contributed by atoms with E-state index in [1.165, 1.54) is 6.92 Å². The second-order valence-electron chi connectivity index (χ2n) is 4.00. The number of benzene rings is 1. The van der Waals surface area contributed by atoms with E-state index >= 15 is 0 Å². The first-order valence-corrected chi connectivity index (χ1v) is 5.69. The van der Waals surface area contributed by atoms with Crippen LogP contribution in [0.4, 0.5) is 22.0 Å². The first-order chi connectivity index (χ1) is 9.72. The normalized spacial score (nSPS) is 12.1. The van der Waals surface area contributed by atoms with Crippen molar-refractivity contribution < 1.29 is 36.3 Å². The molecule has 1 atom stereocenters. The van der Waals surface area contributed by atoms with Gasteiger partial charge >= 0.3 is 5.97 Å². The molecule has 2 N–H and O–H groups in total. The van der Waals surface area contributed by atoms with Gasteiger partial charge in [0.05, 0.1) is 11.6 Å². The number of hydrogen-bond acceptors (Lipinski definition) is 4. The molecule has 0 saturated heterocycles. The van der Waals surface area contributed by atoms with E-state index in [0.29, 0.717) is 0 Å². The summed E-state index contributed by atoms with van der Waals surface area (Å²) in [5.41, 5.74) is 3.90. The van der Waals surface area contributed by atoms with Crippen molar-refractivity contribution >= 4 is 11.8 Å². The van der Waals surface area contributed by atoms with Crippen molar-refractivity contribution in [2.45, 2.75) is 26.0 Å². The lowest BCUT2D eigenvalue weighted by molar-refractivity contribution is -0.155. The lowest BCUT2D eigenvalue weighted by atomic mass is 10.1. The van der Waals surface area contributed by atoms with Crippen molar-refractivity contribution in [1.29, 1.82) is 0 Å². The van der Waals surface area contributed by atoms with Gasteiger partial charge in [0.2, 0.25) is 5.82 Å². The number of carbonyl (C=O) groups is 2. The second kappa shape index (κ2) is 6.61. The Balaban J connectivity index is 2.96. The Bertz CT molecular complexity index is 562. The average Bonchev–Trinajstić information content (AvgIpc) is 2.49. The number of Topliss-reactive ketones (excluding diaryl/α,β-unsaturated/α-hetero) is 1. The molecule has 116 valence electrons. The second-order valence-corrected chi connectivity index (χ2v) is 4.00. The van der Waals surface area contributed by atoms with E-state index in [1.54, 1.807) is 0 Å². The van der Waals surface area contributed by atoms with Crippen LogP contribution in [0.3, 0.4) is 0 Å². The quantitative estimate of drug-likeness (QED) is 0.296. The molecule has 1 aromatic rings. The Hall–Kier alpha value is -2.03. The lowest BCUT2D eigenvalue weighted by Crippen LogP contribution is -2.36. The van der Waals surface area contributed by atoms with Crippen LogP contribution in [-0.2, 0) is 20.9 Å². The van der Waals surface area contributed by atoms with Gasteiger partial charge in [0.25, 0.3) is 5.78 Å². The molecular formula is C12H10F5NO3. The van der Waals surface area contributed by atoms with E-state index in [0.717, 1.165) is 0 Å². The highest BCUT2D eigenvalue weighted by Gasteiger charge is 2.28. The van der Waals surface area contributed by atoms with Crippen molar-refractivity contribution in [2.24, 2.45) is 5.73 Å². The molecule has 0 amide bonds. The molecular weight excluding hydrogens is 301 g/mol. The minimum atomic E-state index is -2.33. The summed E-state index contributed by atoms with van der Waals surface area (Å²) in [6.07, 6.45) is 0.108. The van der Waals surface area contributed by atoms with Crippen molar-refractivity contribution in [3.05, 3.63) is 34.6 Å². The number of ketones is 1. The van der Waals surface area contributed by atoms with Crippen LogP contribution in [0.5, 0.6) is 0 Å². The molecule has 0 radical (unpaired) electrons. The fourth-order valence-corrected chi connectivity index (χ4v) is 1.32. The average molecular weight is 311 g/mol.